The van der Waals surface area contributed by atoms with Crippen LogP contribution in [0.15, 0.2) is 41.1 Å². The molecule has 1 saturated heterocycles. The van der Waals surface area contributed by atoms with Gasteiger partial charge in [-0.25, -0.2) is 0 Å². The van der Waals surface area contributed by atoms with Crippen molar-refractivity contribution < 1.29 is 0 Å². The van der Waals surface area contributed by atoms with E-state index < -0.39 is 0 Å². The van der Waals surface area contributed by atoms with E-state index in [1.165, 1.54) is 42.9 Å². The number of nitrogens with one attached hydrogen (secondary N) is 1. The van der Waals surface area contributed by atoms with Gasteiger partial charge < -0.3 is 10.2 Å². The fourth-order valence-corrected chi connectivity index (χ4v) is 3.05. The second-order valence-corrected chi connectivity index (χ2v) is 5.51. The molecular weight excluding hydrogens is 240 g/mol. The van der Waals surface area contributed by atoms with Crippen molar-refractivity contribution in [1.82, 2.24) is 0 Å². The number of rotatable bonds is 4. The van der Waals surface area contributed by atoms with E-state index in [4.69, 9.17) is 0 Å². The first-order valence-corrected chi connectivity index (χ1v) is 7.46. The highest BCUT2D eigenvalue weighted by Crippen LogP contribution is 2.23. The molecule has 0 unspecified atom stereocenters. The Morgan fingerprint density at radius 1 is 1.17 bits per heavy atom. The summed E-state index contributed by atoms with van der Waals surface area (Å²) in [6, 6.07) is 10.9. The van der Waals surface area contributed by atoms with E-state index >= 15 is 0 Å². The quantitative estimate of drug-likeness (QED) is 0.893. The van der Waals surface area contributed by atoms with Crippen molar-refractivity contribution in [2.75, 3.05) is 23.3 Å². The zero-order valence-corrected chi connectivity index (χ0v) is 11.2. The maximum atomic E-state index is 3.49. The fourth-order valence-electron chi connectivity index (χ4n) is 2.39. The van der Waals surface area contributed by atoms with Gasteiger partial charge in [-0.05, 0) is 53.4 Å². The molecule has 1 aromatic heterocycles. The first-order valence-electron chi connectivity index (χ1n) is 6.52. The summed E-state index contributed by atoms with van der Waals surface area (Å²) in [7, 11) is 0. The number of hydrogen-bond donors (Lipinski definition) is 1. The zero-order chi connectivity index (χ0) is 12.2. The molecule has 1 fully saturated rings. The van der Waals surface area contributed by atoms with E-state index in [2.05, 4.69) is 51.3 Å². The summed E-state index contributed by atoms with van der Waals surface area (Å²) < 4.78 is 0. The Morgan fingerprint density at radius 2 is 2.06 bits per heavy atom. The lowest BCUT2D eigenvalue weighted by molar-refractivity contribution is 0.949. The van der Waals surface area contributed by atoms with Gasteiger partial charge in [0.05, 0.1) is 0 Å². The lowest BCUT2D eigenvalue weighted by atomic mass is 10.2. The molecule has 0 bridgehead atoms. The van der Waals surface area contributed by atoms with Gasteiger partial charge >= 0.3 is 0 Å². The second-order valence-electron chi connectivity index (χ2n) is 4.73. The number of benzene rings is 1. The van der Waals surface area contributed by atoms with E-state index in [1.54, 1.807) is 11.3 Å². The minimum absolute atomic E-state index is 0.910. The molecule has 0 spiro atoms. The van der Waals surface area contributed by atoms with Crippen LogP contribution in [-0.4, -0.2) is 13.1 Å². The summed E-state index contributed by atoms with van der Waals surface area (Å²) in [4.78, 5) is 2.47. The van der Waals surface area contributed by atoms with Crippen LogP contribution in [0, 0.1) is 0 Å². The van der Waals surface area contributed by atoms with Crippen molar-refractivity contribution in [3.05, 3.63) is 46.7 Å². The SMILES string of the molecule is c1cc(NCc2ccsc2)cc(N2CCCC2)c1. The molecule has 1 aromatic carbocycles. The van der Waals surface area contributed by atoms with E-state index in [0.29, 0.717) is 0 Å². The first kappa shape index (κ1) is 11.6. The lowest BCUT2D eigenvalue weighted by Crippen LogP contribution is -2.17. The summed E-state index contributed by atoms with van der Waals surface area (Å²) in [5, 5.41) is 7.81. The molecule has 2 nitrogen and oxygen atoms in total. The highest BCUT2D eigenvalue weighted by Gasteiger charge is 2.12. The molecule has 0 atom stereocenters. The predicted molar refractivity (Wildman–Crippen MR) is 79.5 cm³/mol. The predicted octanol–water partition coefficient (Wildman–Crippen LogP) is 3.96. The van der Waals surface area contributed by atoms with Crippen LogP contribution in [0.5, 0.6) is 0 Å². The molecule has 2 aromatic rings. The Labute approximate surface area is 112 Å². The zero-order valence-electron chi connectivity index (χ0n) is 10.4. The van der Waals surface area contributed by atoms with Crippen molar-refractivity contribution in [1.29, 1.82) is 0 Å². The standard InChI is InChI=1S/C15H18N2S/c1-2-8-17(7-1)15-5-3-4-14(10-15)16-11-13-6-9-18-12-13/h3-6,9-10,12,16H,1-2,7-8,11H2. The molecule has 0 saturated carbocycles. The number of thiophene rings is 1. The minimum Gasteiger partial charge on any atom is -0.381 e. The lowest BCUT2D eigenvalue weighted by Gasteiger charge is -2.18. The maximum absolute atomic E-state index is 3.49. The Kier molecular flexibility index (Phi) is 3.51. The average Bonchev–Trinajstić information content (AvgIpc) is 3.10. The third-order valence-electron chi connectivity index (χ3n) is 3.39. The Morgan fingerprint density at radius 3 is 2.83 bits per heavy atom. The molecule has 94 valence electrons. The number of nitrogens with zero attached hydrogens (tertiary/aromatic N) is 1. The van der Waals surface area contributed by atoms with Crippen molar-refractivity contribution in [3.63, 3.8) is 0 Å². The monoisotopic (exact) mass is 258 g/mol. The van der Waals surface area contributed by atoms with E-state index in [1.807, 2.05) is 0 Å². The van der Waals surface area contributed by atoms with E-state index in [9.17, 15) is 0 Å². The van der Waals surface area contributed by atoms with Gasteiger partial charge in [0, 0.05) is 31.0 Å². The van der Waals surface area contributed by atoms with E-state index in [-0.39, 0.29) is 0 Å². The fraction of sp³-hybridized carbons (Fsp3) is 0.333. The molecule has 0 radical (unpaired) electrons. The molecule has 3 rings (SSSR count). The highest BCUT2D eigenvalue weighted by atomic mass is 32.1. The molecule has 1 N–H and O–H groups in total. The normalized spacial score (nSPS) is 15.0. The summed E-state index contributed by atoms with van der Waals surface area (Å²) in [5.41, 5.74) is 3.92. The summed E-state index contributed by atoms with van der Waals surface area (Å²) in [6.45, 7) is 3.31. The Hall–Kier alpha value is -1.48. The summed E-state index contributed by atoms with van der Waals surface area (Å²) in [6.07, 6.45) is 2.65. The van der Waals surface area contributed by atoms with Crippen LogP contribution < -0.4 is 10.2 Å². The van der Waals surface area contributed by atoms with Gasteiger partial charge in [0.15, 0.2) is 0 Å². The van der Waals surface area contributed by atoms with Gasteiger partial charge in [0.25, 0.3) is 0 Å². The van der Waals surface area contributed by atoms with Crippen molar-refractivity contribution in [2.45, 2.75) is 19.4 Å². The molecule has 18 heavy (non-hydrogen) atoms. The molecular formula is C15H18N2S. The van der Waals surface area contributed by atoms with E-state index in [0.717, 1.165) is 6.54 Å². The summed E-state index contributed by atoms with van der Waals surface area (Å²) in [5.74, 6) is 0. The Bertz CT molecular complexity index is 487. The molecule has 1 aliphatic heterocycles. The topological polar surface area (TPSA) is 15.3 Å². The van der Waals surface area contributed by atoms with Crippen LogP contribution in [-0.2, 0) is 6.54 Å². The smallest absolute Gasteiger partial charge is 0.0409 e. The van der Waals surface area contributed by atoms with Gasteiger partial charge in [0.1, 0.15) is 0 Å². The Balaban J connectivity index is 1.66. The maximum Gasteiger partial charge on any atom is 0.0409 e. The van der Waals surface area contributed by atoms with Crippen LogP contribution in [0.25, 0.3) is 0 Å². The highest BCUT2D eigenvalue weighted by molar-refractivity contribution is 7.07. The van der Waals surface area contributed by atoms with Crippen LogP contribution >= 0.6 is 11.3 Å². The van der Waals surface area contributed by atoms with Gasteiger partial charge in [-0.15, -0.1) is 0 Å². The van der Waals surface area contributed by atoms with Gasteiger partial charge in [-0.3, -0.25) is 0 Å². The second kappa shape index (κ2) is 5.44. The number of anilines is 2. The molecule has 3 heteroatoms. The average molecular weight is 258 g/mol. The van der Waals surface area contributed by atoms with Crippen molar-refractivity contribution >= 4 is 22.7 Å². The third-order valence-corrected chi connectivity index (χ3v) is 4.13. The molecule has 0 aliphatic carbocycles. The summed E-state index contributed by atoms with van der Waals surface area (Å²) >= 11 is 1.75. The third kappa shape index (κ3) is 2.67. The van der Waals surface area contributed by atoms with Gasteiger partial charge in [-0.2, -0.15) is 11.3 Å². The molecule has 1 aliphatic rings. The number of hydrogen-bond acceptors (Lipinski definition) is 3. The van der Waals surface area contributed by atoms with Crippen molar-refractivity contribution in [2.24, 2.45) is 0 Å². The van der Waals surface area contributed by atoms with Crippen LogP contribution in [0.4, 0.5) is 11.4 Å². The van der Waals surface area contributed by atoms with Crippen LogP contribution in [0.2, 0.25) is 0 Å². The molecule has 2 heterocycles. The molecule has 0 amide bonds. The minimum atomic E-state index is 0.910. The van der Waals surface area contributed by atoms with Crippen molar-refractivity contribution in [3.8, 4) is 0 Å². The first-order chi connectivity index (χ1) is 8.92. The van der Waals surface area contributed by atoms with Gasteiger partial charge in [-0.1, -0.05) is 6.07 Å². The van der Waals surface area contributed by atoms with Crippen LogP contribution in [0.1, 0.15) is 18.4 Å². The van der Waals surface area contributed by atoms with Crippen LogP contribution in [0.3, 0.4) is 0 Å². The largest absolute Gasteiger partial charge is 0.381 e. The van der Waals surface area contributed by atoms with Gasteiger partial charge in [0.2, 0.25) is 0 Å².